The Labute approximate surface area is 156 Å². The number of nitrogens with zero attached hydrogens (tertiary/aromatic N) is 3. The lowest BCUT2D eigenvalue weighted by atomic mass is 10.1. The zero-order chi connectivity index (χ0) is 18.6. The summed E-state index contributed by atoms with van der Waals surface area (Å²) < 4.78 is 16.0. The lowest BCUT2D eigenvalue weighted by molar-refractivity contribution is 0.154. The minimum atomic E-state index is -0.0979. The van der Waals surface area contributed by atoms with Crippen LogP contribution in [-0.2, 0) is 4.74 Å². The van der Waals surface area contributed by atoms with Gasteiger partial charge in [-0.1, -0.05) is 0 Å². The number of benzene rings is 1. The molecule has 1 aromatic carbocycles. The molecule has 27 heavy (non-hydrogen) atoms. The molecule has 0 spiro atoms. The number of likely N-dealkylation sites (tertiary alicyclic amines) is 1. The average molecular weight is 368 g/mol. The molecule has 0 saturated carbocycles. The van der Waals surface area contributed by atoms with E-state index in [1.807, 2.05) is 29.2 Å². The van der Waals surface area contributed by atoms with Gasteiger partial charge in [0.25, 0.3) is 5.89 Å². The third kappa shape index (κ3) is 3.85. The Bertz CT molecular complexity index is 889. The van der Waals surface area contributed by atoms with E-state index >= 15 is 0 Å². The van der Waals surface area contributed by atoms with Crippen LogP contribution in [0.4, 0.5) is 10.5 Å². The smallest absolute Gasteiger partial charge is 0.321 e. The molecule has 1 saturated heterocycles. The van der Waals surface area contributed by atoms with Crippen LogP contribution in [0.25, 0.3) is 23.1 Å². The summed E-state index contributed by atoms with van der Waals surface area (Å²) in [5.74, 6) is 1.65. The highest BCUT2D eigenvalue weighted by molar-refractivity contribution is 5.89. The lowest BCUT2D eigenvalue weighted by Crippen LogP contribution is -2.33. The molecule has 1 aliphatic heterocycles. The predicted octanol–water partition coefficient (Wildman–Crippen LogP) is 3.50. The number of ether oxygens (including phenoxy) is 1. The second-order valence-corrected chi connectivity index (χ2v) is 6.45. The molecule has 1 atom stereocenters. The van der Waals surface area contributed by atoms with Crippen LogP contribution in [0.15, 0.2) is 51.5 Å². The van der Waals surface area contributed by atoms with E-state index in [0.717, 1.165) is 25.1 Å². The molecule has 0 radical (unpaired) electrons. The number of methoxy groups -OCH3 is 1. The van der Waals surface area contributed by atoms with E-state index in [0.29, 0.717) is 35.8 Å². The van der Waals surface area contributed by atoms with Crippen molar-refractivity contribution in [1.29, 1.82) is 0 Å². The van der Waals surface area contributed by atoms with E-state index < -0.39 is 0 Å². The molecule has 1 fully saturated rings. The number of carbonyl (C=O) groups excluding carboxylic acids is 1. The van der Waals surface area contributed by atoms with E-state index in [1.54, 1.807) is 25.5 Å². The summed E-state index contributed by atoms with van der Waals surface area (Å²) in [6.07, 6.45) is 2.52. The van der Waals surface area contributed by atoms with Gasteiger partial charge in [-0.2, -0.15) is 0 Å². The van der Waals surface area contributed by atoms with Crippen LogP contribution in [0.5, 0.6) is 0 Å². The molecule has 0 aliphatic carbocycles. The number of rotatable bonds is 5. The molecule has 3 aromatic rings. The molecular formula is C19H20N4O4. The Hall–Kier alpha value is -3.13. The second-order valence-electron chi connectivity index (χ2n) is 6.45. The van der Waals surface area contributed by atoms with Crippen molar-refractivity contribution in [2.24, 2.45) is 5.92 Å². The van der Waals surface area contributed by atoms with Gasteiger partial charge in [0.05, 0.1) is 12.9 Å². The number of carbonyl (C=O) groups is 1. The maximum Gasteiger partial charge on any atom is 0.321 e. The van der Waals surface area contributed by atoms with Gasteiger partial charge in [0, 0.05) is 37.4 Å². The maximum atomic E-state index is 12.4. The van der Waals surface area contributed by atoms with Gasteiger partial charge in [0.15, 0.2) is 5.76 Å². The SMILES string of the molecule is COC[C@@H]1CCN(C(=O)Nc2ccc(-c3nnc(-c4ccco4)o3)cc2)C1. The van der Waals surface area contributed by atoms with Gasteiger partial charge in [-0.3, -0.25) is 0 Å². The summed E-state index contributed by atoms with van der Waals surface area (Å²) in [4.78, 5) is 14.2. The van der Waals surface area contributed by atoms with Gasteiger partial charge in [0.2, 0.25) is 5.89 Å². The van der Waals surface area contributed by atoms with Gasteiger partial charge in [-0.25, -0.2) is 4.79 Å². The standard InChI is InChI=1S/C19H20N4O4/c1-25-12-13-8-9-23(11-13)19(24)20-15-6-4-14(5-7-15)17-21-22-18(27-17)16-3-2-10-26-16/h2-7,10,13H,8-9,11-12H2,1H3,(H,20,24)/t13-/m1/s1. The quantitative estimate of drug-likeness (QED) is 0.741. The van der Waals surface area contributed by atoms with Crippen LogP contribution in [-0.4, -0.2) is 47.9 Å². The Kier molecular flexibility index (Phi) is 4.88. The van der Waals surface area contributed by atoms with Gasteiger partial charge in [-0.05, 0) is 42.8 Å². The zero-order valence-electron chi connectivity index (χ0n) is 14.9. The van der Waals surface area contributed by atoms with Crippen LogP contribution in [0.1, 0.15) is 6.42 Å². The number of hydrogen-bond acceptors (Lipinski definition) is 6. The molecule has 140 valence electrons. The molecule has 0 bridgehead atoms. The summed E-state index contributed by atoms with van der Waals surface area (Å²) in [6, 6.07) is 10.7. The normalized spacial score (nSPS) is 16.6. The third-order valence-electron chi connectivity index (χ3n) is 4.52. The van der Waals surface area contributed by atoms with Crippen molar-refractivity contribution < 1.29 is 18.4 Å². The first kappa shape index (κ1) is 17.3. The first-order chi connectivity index (χ1) is 13.2. The summed E-state index contributed by atoms with van der Waals surface area (Å²) >= 11 is 0. The molecule has 1 N–H and O–H groups in total. The van der Waals surface area contributed by atoms with Gasteiger partial charge >= 0.3 is 6.03 Å². The van der Waals surface area contributed by atoms with Crippen molar-refractivity contribution in [3.63, 3.8) is 0 Å². The monoisotopic (exact) mass is 368 g/mol. The number of amides is 2. The Balaban J connectivity index is 1.39. The van der Waals surface area contributed by atoms with Crippen LogP contribution in [0, 0.1) is 5.92 Å². The molecule has 8 heteroatoms. The fraction of sp³-hybridized carbons (Fsp3) is 0.316. The minimum absolute atomic E-state index is 0.0979. The van der Waals surface area contributed by atoms with E-state index in [9.17, 15) is 4.79 Å². The largest absolute Gasteiger partial charge is 0.459 e. The molecule has 2 amide bonds. The number of nitrogens with one attached hydrogen (secondary N) is 1. The van der Waals surface area contributed by atoms with E-state index in [-0.39, 0.29) is 6.03 Å². The lowest BCUT2D eigenvalue weighted by Gasteiger charge is -2.17. The van der Waals surface area contributed by atoms with Crippen molar-refractivity contribution in [2.45, 2.75) is 6.42 Å². The fourth-order valence-corrected chi connectivity index (χ4v) is 3.13. The first-order valence-electron chi connectivity index (χ1n) is 8.75. The summed E-state index contributed by atoms with van der Waals surface area (Å²) in [5, 5.41) is 10.9. The fourth-order valence-electron chi connectivity index (χ4n) is 3.13. The van der Waals surface area contributed by atoms with E-state index in [4.69, 9.17) is 13.6 Å². The van der Waals surface area contributed by atoms with Crippen molar-refractivity contribution >= 4 is 11.7 Å². The van der Waals surface area contributed by atoms with Crippen molar-refractivity contribution in [1.82, 2.24) is 15.1 Å². The Morgan fingerprint density at radius 3 is 2.81 bits per heavy atom. The number of urea groups is 1. The number of hydrogen-bond donors (Lipinski definition) is 1. The van der Waals surface area contributed by atoms with Crippen molar-refractivity contribution in [3.05, 3.63) is 42.7 Å². The predicted molar refractivity (Wildman–Crippen MR) is 98.0 cm³/mol. The van der Waals surface area contributed by atoms with Crippen LogP contribution in [0.2, 0.25) is 0 Å². The minimum Gasteiger partial charge on any atom is -0.459 e. The Morgan fingerprint density at radius 1 is 1.26 bits per heavy atom. The second kappa shape index (κ2) is 7.63. The number of aromatic nitrogens is 2. The zero-order valence-corrected chi connectivity index (χ0v) is 14.9. The number of furan rings is 1. The van der Waals surface area contributed by atoms with Gasteiger partial charge in [0.1, 0.15) is 0 Å². The van der Waals surface area contributed by atoms with E-state index in [1.165, 1.54) is 0 Å². The number of anilines is 1. The average Bonchev–Trinajstić information content (AvgIpc) is 3.43. The molecule has 3 heterocycles. The van der Waals surface area contributed by atoms with Crippen LogP contribution in [0.3, 0.4) is 0 Å². The molecule has 0 unspecified atom stereocenters. The van der Waals surface area contributed by atoms with Crippen LogP contribution < -0.4 is 5.32 Å². The summed E-state index contributed by atoms with van der Waals surface area (Å²) in [5.41, 5.74) is 1.48. The van der Waals surface area contributed by atoms with Gasteiger partial charge in [-0.15, -0.1) is 10.2 Å². The molecular weight excluding hydrogens is 348 g/mol. The molecule has 8 nitrogen and oxygen atoms in total. The third-order valence-corrected chi connectivity index (χ3v) is 4.52. The molecule has 4 rings (SSSR count). The highest BCUT2D eigenvalue weighted by Crippen LogP contribution is 2.25. The Morgan fingerprint density at radius 2 is 2.07 bits per heavy atom. The van der Waals surface area contributed by atoms with Crippen LogP contribution >= 0.6 is 0 Å². The maximum absolute atomic E-state index is 12.4. The topological polar surface area (TPSA) is 93.6 Å². The van der Waals surface area contributed by atoms with Crippen molar-refractivity contribution in [2.75, 3.05) is 32.1 Å². The molecule has 2 aromatic heterocycles. The highest BCUT2D eigenvalue weighted by atomic mass is 16.5. The summed E-state index contributed by atoms with van der Waals surface area (Å²) in [7, 11) is 1.69. The van der Waals surface area contributed by atoms with Gasteiger partial charge < -0.3 is 23.8 Å². The van der Waals surface area contributed by atoms with Crippen molar-refractivity contribution in [3.8, 4) is 23.1 Å². The first-order valence-corrected chi connectivity index (χ1v) is 8.75. The highest BCUT2D eigenvalue weighted by Gasteiger charge is 2.26. The molecule has 1 aliphatic rings. The van der Waals surface area contributed by atoms with E-state index in [2.05, 4.69) is 15.5 Å². The summed E-state index contributed by atoms with van der Waals surface area (Å²) in [6.45, 7) is 2.15.